The molecule has 1 heterocycles. The van der Waals surface area contributed by atoms with Gasteiger partial charge in [0.15, 0.2) is 0 Å². The van der Waals surface area contributed by atoms with Crippen molar-refractivity contribution in [3.63, 3.8) is 0 Å². The molecular weight excluding hydrogens is 252 g/mol. The molecular formula is C16H20N2S. The predicted molar refractivity (Wildman–Crippen MR) is 80.7 cm³/mol. The zero-order chi connectivity index (χ0) is 13.4. The SMILES string of the molecule is CC(C)c1csc(C(N)c2ccc(C3CC3)cc2)n1. The van der Waals surface area contributed by atoms with Gasteiger partial charge in [0.05, 0.1) is 11.7 Å². The molecule has 0 saturated heterocycles. The summed E-state index contributed by atoms with van der Waals surface area (Å²) in [7, 11) is 0. The van der Waals surface area contributed by atoms with Crippen molar-refractivity contribution in [2.45, 2.75) is 44.6 Å². The van der Waals surface area contributed by atoms with E-state index in [-0.39, 0.29) is 6.04 Å². The fraction of sp³-hybridized carbons (Fsp3) is 0.438. The van der Waals surface area contributed by atoms with Gasteiger partial charge < -0.3 is 5.73 Å². The number of benzene rings is 1. The number of hydrogen-bond acceptors (Lipinski definition) is 3. The molecule has 1 aliphatic carbocycles. The van der Waals surface area contributed by atoms with E-state index in [2.05, 4.69) is 48.5 Å². The minimum atomic E-state index is -0.0919. The summed E-state index contributed by atoms with van der Waals surface area (Å²) in [6.07, 6.45) is 2.69. The average Bonchev–Trinajstić information content (AvgIpc) is 3.14. The van der Waals surface area contributed by atoms with Crippen LogP contribution in [-0.4, -0.2) is 4.98 Å². The van der Waals surface area contributed by atoms with E-state index >= 15 is 0 Å². The van der Waals surface area contributed by atoms with E-state index < -0.39 is 0 Å². The molecule has 1 fully saturated rings. The molecule has 19 heavy (non-hydrogen) atoms. The summed E-state index contributed by atoms with van der Waals surface area (Å²) in [5.41, 5.74) is 10.1. The van der Waals surface area contributed by atoms with Crippen molar-refractivity contribution in [1.82, 2.24) is 4.98 Å². The van der Waals surface area contributed by atoms with Crippen molar-refractivity contribution >= 4 is 11.3 Å². The Morgan fingerprint density at radius 2 is 1.89 bits per heavy atom. The van der Waals surface area contributed by atoms with Crippen molar-refractivity contribution in [3.8, 4) is 0 Å². The van der Waals surface area contributed by atoms with Crippen LogP contribution in [0.1, 0.15) is 66.4 Å². The van der Waals surface area contributed by atoms with Crippen LogP contribution in [0.5, 0.6) is 0 Å². The Morgan fingerprint density at radius 1 is 1.21 bits per heavy atom. The summed E-state index contributed by atoms with van der Waals surface area (Å²) in [5, 5.41) is 3.14. The van der Waals surface area contributed by atoms with Gasteiger partial charge in [0, 0.05) is 5.38 Å². The third kappa shape index (κ3) is 2.72. The molecule has 1 saturated carbocycles. The van der Waals surface area contributed by atoms with E-state index in [1.165, 1.54) is 18.4 Å². The highest BCUT2D eigenvalue weighted by Gasteiger charge is 2.23. The molecule has 1 aromatic heterocycles. The largest absolute Gasteiger partial charge is 0.318 e. The van der Waals surface area contributed by atoms with Gasteiger partial charge in [-0.2, -0.15) is 0 Å². The Bertz CT molecular complexity index is 552. The van der Waals surface area contributed by atoms with Crippen LogP contribution in [0.25, 0.3) is 0 Å². The lowest BCUT2D eigenvalue weighted by molar-refractivity contribution is 0.795. The van der Waals surface area contributed by atoms with Gasteiger partial charge in [-0.15, -0.1) is 11.3 Å². The van der Waals surface area contributed by atoms with Gasteiger partial charge in [-0.1, -0.05) is 38.1 Å². The molecule has 2 nitrogen and oxygen atoms in total. The molecule has 1 aromatic carbocycles. The lowest BCUT2D eigenvalue weighted by Gasteiger charge is -2.10. The lowest BCUT2D eigenvalue weighted by Crippen LogP contribution is -2.11. The summed E-state index contributed by atoms with van der Waals surface area (Å²) in [5.74, 6) is 1.27. The normalized spacial score (nSPS) is 16.8. The summed E-state index contributed by atoms with van der Waals surface area (Å²) >= 11 is 1.67. The summed E-state index contributed by atoms with van der Waals surface area (Å²) in [6, 6.07) is 8.68. The van der Waals surface area contributed by atoms with Gasteiger partial charge >= 0.3 is 0 Å². The number of nitrogens with zero attached hydrogens (tertiary/aromatic N) is 1. The van der Waals surface area contributed by atoms with Gasteiger partial charge in [0.1, 0.15) is 5.01 Å². The Labute approximate surface area is 118 Å². The second-order valence-electron chi connectivity index (χ2n) is 5.68. The van der Waals surface area contributed by atoms with Crippen molar-refractivity contribution in [3.05, 3.63) is 51.5 Å². The topological polar surface area (TPSA) is 38.9 Å². The minimum Gasteiger partial charge on any atom is -0.318 e. The van der Waals surface area contributed by atoms with Gasteiger partial charge in [-0.05, 0) is 35.8 Å². The van der Waals surface area contributed by atoms with Crippen LogP contribution >= 0.6 is 11.3 Å². The number of thiazole rings is 1. The van der Waals surface area contributed by atoms with E-state index in [0.717, 1.165) is 22.2 Å². The molecule has 100 valence electrons. The van der Waals surface area contributed by atoms with Crippen molar-refractivity contribution < 1.29 is 0 Å². The highest BCUT2D eigenvalue weighted by molar-refractivity contribution is 7.09. The smallest absolute Gasteiger partial charge is 0.114 e. The Balaban J connectivity index is 1.79. The molecule has 3 heteroatoms. The molecule has 1 aliphatic rings. The summed E-state index contributed by atoms with van der Waals surface area (Å²) < 4.78 is 0. The Hall–Kier alpha value is -1.19. The zero-order valence-corrected chi connectivity index (χ0v) is 12.3. The first kappa shape index (κ1) is 12.8. The number of rotatable bonds is 4. The quantitative estimate of drug-likeness (QED) is 0.906. The Kier molecular flexibility index (Phi) is 3.42. The number of nitrogens with two attached hydrogens (primary N) is 1. The standard InChI is InChI=1S/C16H20N2S/c1-10(2)14-9-19-16(18-14)15(17)13-7-5-12(6-8-13)11-3-4-11/h5-11,15H,3-4,17H2,1-2H3. The molecule has 0 spiro atoms. The van der Waals surface area contributed by atoms with Crippen LogP contribution in [-0.2, 0) is 0 Å². The Morgan fingerprint density at radius 3 is 2.42 bits per heavy atom. The molecule has 0 radical (unpaired) electrons. The lowest BCUT2D eigenvalue weighted by atomic mass is 10.0. The molecule has 0 amide bonds. The van der Waals surface area contributed by atoms with E-state index in [4.69, 9.17) is 5.73 Å². The molecule has 2 N–H and O–H groups in total. The molecule has 0 bridgehead atoms. The van der Waals surface area contributed by atoms with Gasteiger partial charge in [0.25, 0.3) is 0 Å². The van der Waals surface area contributed by atoms with Crippen molar-refractivity contribution in [2.75, 3.05) is 0 Å². The van der Waals surface area contributed by atoms with Crippen molar-refractivity contribution in [2.24, 2.45) is 5.73 Å². The van der Waals surface area contributed by atoms with Crippen LogP contribution in [0, 0.1) is 0 Å². The monoisotopic (exact) mass is 272 g/mol. The van der Waals surface area contributed by atoms with Gasteiger partial charge in [0.2, 0.25) is 0 Å². The molecule has 2 aromatic rings. The average molecular weight is 272 g/mol. The zero-order valence-electron chi connectivity index (χ0n) is 11.5. The van der Waals surface area contributed by atoms with E-state index in [1.54, 1.807) is 11.3 Å². The van der Waals surface area contributed by atoms with E-state index in [0.29, 0.717) is 5.92 Å². The van der Waals surface area contributed by atoms with E-state index in [1.807, 2.05) is 0 Å². The first-order valence-electron chi connectivity index (χ1n) is 6.96. The maximum Gasteiger partial charge on any atom is 0.114 e. The van der Waals surface area contributed by atoms with Crippen LogP contribution < -0.4 is 5.73 Å². The molecule has 1 atom stereocenters. The van der Waals surface area contributed by atoms with Gasteiger partial charge in [-0.3, -0.25) is 0 Å². The summed E-state index contributed by atoms with van der Waals surface area (Å²) in [4.78, 5) is 4.65. The predicted octanol–water partition coefficient (Wildman–Crippen LogP) is 4.19. The third-order valence-electron chi connectivity index (χ3n) is 3.74. The van der Waals surface area contributed by atoms with Gasteiger partial charge in [-0.25, -0.2) is 4.98 Å². The minimum absolute atomic E-state index is 0.0919. The second-order valence-corrected chi connectivity index (χ2v) is 6.57. The highest BCUT2D eigenvalue weighted by Crippen LogP contribution is 2.40. The van der Waals surface area contributed by atoms with Crippen LogP contribution in [0.15, 0.2) is 29.6 Å². The number of hydrogen-bond donors (Lipinski definition) is 1. The highest BCUT2D eigenvalue weighted by atomic mass is 32.1. The first-order chi connectivity index (χ1) is 9.15. The molecule has 3 rings (SSSR count). The maximum atomic E-state index is 6.32. The number of aromatic nitrogens is 1. The third-order valence-corrected chi connectivity index (χ3v) is 4.69. The molecule has 1 unspecified atom stereocenters. The molecule has 0 aliphatic heterocycles. The second kappa shape index (κ2) is 5.06. The van der Waals surface area contributed by atoms with Crippen molar-refractivity contribution in [1.29, 1.82) is 0 Å². The summed E-state index contributed by atoms with van der Waals surface area (Å²) in [6.45, 7) is 4.32. The first-order valence-corrected chi connectivity index (χ1v) is 7.84. The fourth-order valence-electron chi connectivity index (χ4n) is 2.24. The maximum absolute atomic E-state index is 6.32. The van der Waals surface area contributed by atoms with E-state index in [9.17, 15) is 0 Å². The van der Waals surface area contributed by atoms with Crippen LogP contribution in [0.4, 0.5) is 0 Å². The fourth-order valence-corrected chi connectivity index (χ4v) is 3.25. The van der Waals surface area contributed by atoms with Crippen LogP contribution in [0.2, 0.25) is 0 Å². The van der Waals surface area contributed by atoms with Crippen LogP contribution in [0.3, 0.4) is 0 Å².